The molecular weight excluding hydrogens is 362 g/mol. The molecule has 0 saturated carbocycles. The van der Waals surface area contributed by atoms with E-state index in [4.69, 9.17) is 16.3 Å². The summed E-state index contributed by atoms with van der Waals surface area (Å²) in [6, 6.07) is 24.8. The second kappa shape index (κ2) is 7.88. The van der Waals surface area contributed by atoms with Gasteiger partial charge in [-0.25, -0.2) is 0 Å². The maximum atomic E-state index is 6.20. The zero-order chi connectivity index (χ0) is 18.5. The number of tetrazole rings is 1. The smallest absolute Gasteiger partial charge is 0.175 e. The summed E-state index contributed by atoms with van der Waals surface area (Å²) < 4.78 is 7.67. The number of benzene rings is 3. The van der Waals surface area contributed by atoms with Crippen molar-refractivity contribution in [2.24, 2.45) is 0 Å². The first-order valence-electron chi connectivity index (χ1n) is 8.39. The largest absolute Gasteiger partial charge is 0.454 e. The molecule has 1 aromatic heterocycles. The fourth-order valence-electron chi connectivity index (χ4n) is 2.61. The molecule has 0 unspecified atom stereocenters. The van der Waals surface area contributed by atoms with E-state index in [2.05, 4.69) is 20.8 Å². The summed E-state index contributed by atoms with van der Waals surface area (Å²) in [7, 11) is 0. The summed E-state index contributed by atoms with van der Waals surface area (Å²) in [6.45, 7) is 0.435. The van der Waals surface area contributed by atoms with Crippen LogP contribution < -0.4 is 10.1 Å². The highest BCUT2D eigenvalue weighted by Crippen LogP contribution is 2.33. The molecule has 0 fully saturated rings. The summed E-state index contributed by atoms with van der Waals surface area (Å²) in [5.41, 5.74) is 1.72. The van der Waals surface area contributed by atoms with Crippen molar-refractivity contribution in [2.75, 3.05) is 5.32 Å². The summed E-state index contributed by atoms with van der Waals surface area (Å²) in [5, 5.41) is 15.9. The molecule has 27 heavy (non-hydrogen) atoms. The Kier molecular flexibility index (Phi) is 4.98. The quantitative estimate of drug-likeness (QED) is 0.526. The van der Waals surface area contributed by atoms with Crippen LogP contribution in [0.2, 0.25) is 5.02 Å². The first-order valence-corrected chi connectivity index (χ1v) is 8.77. The topological polar surface area (TPSA) is 64.9 Å². The maximum Gasteiger partial charge on any atom is 0.175 e. The van der Waals surface area contributed by atoms with Crippen molar-refractivity contribution < 1.29 is 4.74 Å². The second-order valence-electron chi connectivity index (χ2n) is 5.72. The molecular formula is C20H16ClN5O. The van der Waals surface area contributed by atoms with Gasteiger partial charge in [0.1, 0.15) is 5.75 Å². The second-order valence-corrected chi connectivity index (χ2v) is 6.13. The van der Waals surface area contributed by atoms with Gasteiger partial charge in [-0.15, -0.1) is 5.10 Å². The normalized spacial score (nSPS) is 10.6. The molecule has 7 heteroatoms. The predicted molar refractivity (Wildman–Crippen MR) is 104 cm³/mol. The number of halogens is 1. The van der Waals surface area contributed by atoms with Crippen LogP contribution in [0.3, 0.4) is 0 Å². The fraction of sp³-hybridized carbons (Fsp3) is 0.0500. The van der Waals surface area contributed by atoms with Crippen molar-refractivity contribution >= 4 is 17.3 Å². The molecule has 0 spiro atoms. The molecule has 0 atom stereocenters. The fourth-order valence-corrected chi connectivity index (χ4v) is 2.78. The van der Waals surface area contributed by atoms with E-state index < -0.39 is 0 Å². The minimum atomic E-state index is 0.435. The van der Waals surface area contributed by atoms with Crippen molar-refractivity contribution in [2.45, 2.75) is 6.54 Å². The molecule has 0 aliphatic heterocycles. The Balaban J connectivity index is 1.54. The van der Waals surface area contributed by atoms with Gasteiger partial charge in [-0.05, 0) is 46.8 Å². The van der Waals surface area contributed by atoms with Crippen molar-refractivity contribution in [3.05, 3.63) is 89.7 Å². The Morgan fingerprint density at radius 1 is 0.852 bits per heavy atom. The number of nitrogens with zero attached hydrogens (tertiary/aromatic N) is 4. The van der Waals surface area contributed by atoms with E-state index in [0.29, 0.717) is 28.9 Å². The summed E-state index contributed by atoms with van der Waals surface area (Å²) in [6.07, 6.45) is 0. The van der Waals surface area contributed by atoms with Crippen molar-refractivity contribution in [1.29, 1.82) is 0 Å². The number of rotatable bonds is 6. The van der Waals surface area contributed by atoms with Gasteiger partial charge in [-0.1, -0.05) is 54.1 Å². The van der Waals surface area contributed by atoms with Crippen molar-refractivity contribution in [3.8, 4) is 17.2 Å². The lowest BCUT2D eigenvalue weighted by molar-refractivity contribution is 0.484. The highest BCUT2D eigenvalue weighted by Gasteiger charge is 2.10. The number of anilines is 1. The van der Waals surface area contributed by atoms with Gasteiger partial charge in [-0.2, -0.15) is 4.68 Å². The van der Waals surface area contributed by atoms with E-state index in [1.165, 1.54) is 0 Å². The van der Waals surface area contributed by atoms with Crippen molar-refractivity contribution in [1.82, 2.24) is 20.2 Å². The molecule has 3 aromatic carbocycles. The Morgan fingerprint density at radius 3 is 2.37 bits per heavy atom. The minimum Gasteiger partial charge on any atom is -0.454 e. The third-order valence-corrected chi connectivity index (χ3v) is 4.23. The van der Waals surface area contributed by atoms with Gasteiger partial charge in [0.2, 0.25) is 0 Å². The van der Waals surface area contributed by atoms with Crippen LogP contribution in [0.25, 0.3) is 5.69 Å². The van der Waals surface area contributed by atoms with E-state index in [0.717, 1.165) is 11.4 Å². The van der Waals surface area contributed by atoms with Gasteiger partial charge >= 0.3 is 0 Å². The lowest BCUT2D eigenvalue weighted by atomic mass is 10.2. The molecule has 1 N–H and O–H groups in total. The van der Waals surface area contributed by atoms with E-state index in [1.54, 1.807) is 10.7 Å². The van der Waals surface area contributed by atoms with Crippen LogP contribution in [-0.4, -0.2) is 20.2 Å². The van der Waals surface area contributed by atoms with Crippen molar-refractivity contribution in [3.63, 3.8) is 0 Å². The van der Waals surface area contributed by atoms with E-state index in [9.17, 15) is 0 Å². The van der Waals surface area contributed by atoms with Crippen LogP contribution >= 0.6 is 11.6 Å². The molecule has 134 valence electrons. The molecule has 0 amide bonds. The lowest BCUT2D eigenvalue weighted by Gasteiger charge is -2.13. The zero-order valence-corrected chi connectivity index (χ0v) is 15.0. The van der Waals surface area contributed by atoms with E-state index >= 15 is 0 Å². The predicted octanol–water partition coefficient (Wildman–Crippen LogP) is 4.72. The molecule has 4 aromatic rings. The average molecular weight is 378 g/mol. The van der Waals surface area contributed by atoms with Gasteiger partial charge < -0.3 is 10.1 Å². The highest BCUT2D eigenvalue weighted by atomic mass is 35.5. The number of nitrogens with one attached hydrogen (secondary N) is 1. The Morgan fingerprint density at radius 2 is 1.56 bits per heavy atom. The van der Waals surface area contributed by atoms with Crippen LogP contribution in [-0.2, 0) is 6.54 Å². The molecule has 6 nitrogen and oxygen atoms in total. The summed E-state index contributed by atoms with van der Waals surface area (Å²) in [4.78, 5) is 0. The van der Waals surface area contributed by atoms with Gasteiger partial charge in [0.05, 0.1) is 22.9 Å². The van der Waals surface area contributed by atoms with Gasteiger partial charge in [0.15, 0.2) is 11.6 Å². The zero-order valence-electron chi connectivity index (χ0n) is 14.3. The molecule has 0 bridgehead atoms. The molecule has 0 aliphatic carbocycles. The van der Waals surface area contributed by atoms with E-state index in [1.807, 2.05) is 72.8 Å². The number of para-hydroxylation sites is 4. The average Bonchev–Trinajstić information content (AvgIpc) is 3.18. The summed E-state index contributed by atoms with van der Waals surface area (Å²) >= 11 is 6.20. The molecule has 0 radical (unpaired) electrons. The van der Waals surface area contributed by atoms with Gasteiger partial charge in [0.25, 0.3) is 0 Å². The molecule has 0 aliphatic rings. The van der Waals surface area contributed by atoms with Crippen LogP contribution in [0.4, 0.5) is 5.69 Å². The number of hydrogen-bond acceptors (Lipinski definition) is 5. The standard InChI is InChI=1S/C20H16ClN5O/c21-16-10-4-6-12-18(16)27-19-13-7-5-11-17(19)22-14-20-23-24-25-26(20)15-8-2-1-3-9-15/h1-13,22H,14H2. The first-order chi connectivity index (χ1) is 13.3. The lowest BCUT2D eigenvalue weighted by Crippen LogP contribution is -2.09. The van der Waals surface area contributed by atoms with Crippen LogP contribution in [0.5, 0.6) is 11.5 Å². The van der Waals surface area contributed by atoms with E-state index in [-0.39, 0.29) is 0 Å². The Labute approximate surface area is 161 Å². The third-order valence-electron chi connectivity index (χ3n) is 3.92. The minimum absolute atomic E-state index is 0.435. The Bertz CT molecular complexity index is 1040. The van der Waals surface area contributed by atoms with Crippen LogP contribution in [0.15, 0.2) is 78.9 Å². The maximum absolute atomic E-state index is 6.20. The monoisotopic (exact) mass is 377 g/mol. The summed E-state index contributed by atoms with van der Waals surface area (Å²) in [5.74, 6) is 1.96. The Hall–Kier alpha value is -3.38. The third kappa shape index (κ3) is 3.91. The van der Waals surface area contributed by atoms with Crippen LogP contribution in [0.1, 0.15) is 5.82 Å². The molecule has 4 rings (SSSR count). The number of ether oxygens (including phenoxy) is 1. The first kappa shape index (κ1) is 17.1. The number of aromatic nitrogens is 4. The molecule has 0 saturated heterocycles. The number of hydrogen-bond donors (Lipinski definition) is 1. The van der Waals surface area contributed by atoms with Crippen LogP contribution in [0, 0.1) is 0 Å². The highest BCUT2D eigenvalue weighted by molar-refractivity contribution is 6.32. The molecule has 1 heterocycles. The van der Waals surface area contributed by atoms with Gasteiger partial charge in [-0.3, -0.25) is 0 Å². The van der Waals surface area contributed by atoms with Gasteiger partial charge in [0, 0.05) is 0 Å². The SMILES string of the molecule is Clc1ccccc1Oc1ccccc1NCc1nnnn1-c1ccccc1.